The zero-order valence-corrected chi connectivity index (χ0v) is 13.9. The number of carbonyl (C=O) groups is 1. The number of aryl methyl sites for hydroxylation is 1. The number of hydrogen-bond donors (Lipinski definition) is 1. The Kier molecular flexibility index (Phi) is 4.74. The molecule has 3 aromatic rings. The van der Waals surface area contributed by atoms with Gasteiger partial charge in [-0.15, -0.1) is 0 Å². The molecule has 0 spiro atoms. The maximum absolute atomic E-state index is 13.2. The molecule has 0 fully saturated rings. The molecule has 0 atom stereocenters. The largest absolute Gasteiger partial charge is 0.471 e. The first-order chi connectivity index (χ1) is 12.0. The van der Waals surface area contributed by atoms with Crippen molar-refractivity contribution in [1.82, 2.24) is 14.8 Å². The molecule has 0 radical (unpaired) electrons. The summed E-state index contributed by atoms with van der Waals surface area (Å²) in [6, 6.07) is 9.28. The van der Waals surface area contributed by atoms with Crippen LogP contribution >= 0.6 is 0 Å². The predicted molar refractivity (Wildman–Crippen MR) is 90.9 cm³/mol. The first-order valence-corrected chi connectivity index (χ1v) is 7.68. The minimum absolute atomic E-state index is 0.110. The highest BCUT2D eigenvalue weighted by Gasteiger charge is 2.15. The van der Waals surface area contributed by atoms with E-state index >= 15 is 0 Å². The highest BCUT2D eigenvalue weighted by molar-refractivity contribution is 6.04. The normalized spacial score (nSPS) is 10.5. The average molecular weight is 340 g/mol. The van der Waals surface area contributed by atoms with E-state index in [4.69, 9.17) is 4.74 Å². The standard InChI is InChI=1S/C18H17FN4O2/c1-12-17(21-18(24)14-5-4-8-20-10-14)13(2)23(22-12)11-25-16-7-3-6-15(19)9-16/h3-10H,11H2,1-2H3,(H,21,24). The van der Waals surface area contributed by atoms with Crippen molar-refractivity contribution in [1.29, 1.82) is 0 Å². The number of halogens is 1. The fraction of sp³-hybridized carbons (Fsp3) is 0.167. The van der Waals surface area contributed by atoms with Gasteiger partial charge in [0.15, 0.2) is 6.73 Å². The van der Waals surface area contributed by atoms with E-state index in [1.807, 2.05) is 6.92 Å². The van der Waals surface area contributed by atoms with Gasteiger partial charge in [0.2, 0.25) is 0 Å². The van der Waals surface area contributed by atoms with Crippen LogP contribution in [0.2, 0.25) is 0 Å². The molecule has 2 heterocycles. The topological polar surface area (TPSA) is 69.0 Å². The fourth-order valence-electron chi connectivity index (χ4n) is 2.38. The summed E-state index contributed by atoms with van der Waals surface area (Å²) in [5.74, 6) is -0.214. The van der Waals surface area contributed by atoms with Gasteiger partial charge in [-0.1, -0.05) is 6.07 Å². The minimum Gasteiger partial charge on any atom is -0.471 e. The molecule has 0 saturated heterocycles. The Morgan fingerprint density at radius 1 is 1.28 bits per heavy atom. The summed E-state index contributed by atoms with van der Waals surface area (Å²) in [4.78, 5) is 16.2. The van der Waals surface area contributed by atoms with Crippen molar-refractivity contribution in [3.8, 4) is 5.75 Å². The molecule has 7 heteroatoms. The van der Waals surface area contributed by atoms with Gasteiger partial charge in [0.1, 0.15) is 11.6 Å². The lowest BCUT2D eigenvalue weighted by Crippen LogP contribution is -2.14. The molecule has 25 heavy (non-hydrogen) atoms. The monoisotopic (exact) mass is 340 g/mol. The van der Waals surface area contributed by atoms with Crippen LogP contribution in [0.1, 0.15) is 21.7 Å². The number of pyridine rings is 1. The van der Waals surface area contributed by atoms with Crippen LogP contribution in [0.15, 0.2) is 48.8 Å². The molecular formula is C18H17FN4O2. The average Bonchev–Trinajstić information content (AvgIpc) is 2.88. The highest BCUT2D eigenvalue weighted by Crippen LogP contribution is 2.21. The number of amides is 1. The lowest BCUT2D eigenvalue weighted by Gasteiger charge is -2.09. The van der Waals surface area contributed by atoms with E-state index in [1.165, 1.54) is 18.3 Å². The number of rotatable bonds is 5. The van der Waals surface area contributed by atoms with Gasteiger partial charge >= 0.3 is 0 Å². The molecule has 128 valence electrons. The Morgan fingerprint density at radius 3 is 2.84 bits per heavy atom. The summed E-state index contributed by atoms with van der Waals surface area (Å²) >= 11 is 0. The van der Waals surface area contributed by atoms with Crippen molar-refractivity contribution < 1.29 is 13.9 Å². The van der Waals surface area contributed by atoms with Crippen LogP contribution < -0.4 is 10.1 Å². The number of aromatic nitrogens is 3. The Morgan fingerprint density at radius 2 is 2.12 bits per heavy atom. The van der Waals surface area contributed by atoms with E-state index in [2.05, 4.69) is 15.4 Å². The van der Waals surface area contributed by atoms with Crippen molar-refractivity contribution >= 4 is 11.6 Å². The van der Waals surface area contributed by atoms with Gasteiger partial charge in [-0.2, -0.15) is 5.10 Å². The van der Waals surface area contributed by atoms with Gasteiger partial charge < -0.3 is 10.1 Å². The number of nitrogens with one attached hydrogen (secondary N) is 1. The molecule has 2 aromatic heterocycles. The third kappa shape index (κ3) is 3.82. The van der Waals surface area contributed by atoms with Gasteiger partial charge in [-0.3, -0.25) is 9.78 Å². The third-order valence-electron chi connectivity index (χ3n) is 3.69. The molecule has 0 aliphatic carbocycles. The van der Waals surface area contributed by atoms with E-state index in [9.17, 15) is 9.18 Å². The van der Waals surface area contributed by atoms with Crippen LogP contribution in [-0.2, 0) is 6.73 Å². The molecule has 6 nitrogen and oxygen atoms in total. The van der Waals surface area contributed by atoms with Gasteiger partial charge in [0.25, 0.3) is 5.91 Å². The molecule has 0 unspecified atom stereocenters. The summed E-state index contributed by atoms with van der Waals surface area (Å²) in [5.41, 5.74) is 2.49. The Bertz CT molecular complexity index is 893. The van der Waals surface area contributed by atoms with E-state index < -0.39 is 0 Å². The molecule has 0 saturated carbocycles. The van der Waals surface area contributed by atoms with Crippen molar-refractivity contribution in [2.75, 3.05) is 5.32 Å². The number of ether oxygens (including phenoxy) is 1. The minimum atomic E-state index is -0.365. The molecule has 0 aliphatic rings. The predicted octanol–water partition coefficient (Wildman–Crippen LogP) is 3.32. The van der Waals surface area contributed by atoms with Gasteiger partial charge in [0.05, 0.1) is 22.6 Å². The lowest BCUT2D eigenvalue weighted by atomic mass is 10.2. The maximum Gasteiger partial charge on any atom is 0.257 e. The van der Waals surface area contributed by atoms with Gasteiger partial charge in [0, 0.05) is 18.5 Å². The summed E-state index contributed by atoms with van der Waals surface area (Å²) in [5, 5.41) is 7.21. The van der Waals surface area contributed by atoms with Crippen molar-refractivity contribution in [2.45, 2.75) is 20.6 Å². The summed E-state index contributed by atoms with van der Waals surface area (Å²) in [6.07, 6.45) is 3.10. The second-order valence-corrected chi connectivity index (χ2v) is 5.47. The maximum atomic E-state index is 13.2. The Labute approximate surface area is 144 Å². The molecule has 0 aliphatic heterocycles. The van der Waals surface area contributed by atoms with Crippen molar-refractivity contribution in [3.63, 3.8) is 0 Å². The Hall–Kier alpha value is -3.22. The zero-order valence-electron chi connectivity index (χ0n) is 13.9. The highest BCUT2D eigenvalue weighted by atomic mass is 19.1. The molecule has 1 aromatic carbocycles. The molecule has 0 bridgehead atoms. The van der Waals surface area contributed by atoms with Crippen LogP contribution in [-0.4, -0.2) is 20.7 Å². The first-order valence-electron chi connectivity index (χ1n) is 7.68. The number of anilines is 1. The number of carbonyl (C=O) groups excluding carboxylic acids is 1. The summed E-state index contributed by atoms with van der Waals surface area (Å²) in [7, 11) is 0. The van der Waals surface area contributed by atoms with Crippen LogP contribution in [0, 0.1) is 19.7 Å². The third-order valence-corrected chi connectivity index (χ3v) is 3.69. The zero-order chi connectivity index (χ0) is 17.8. The molecular weight excluding hydrogens is 323 g/mol. The van der Waals surface area contributed by atoms with Gasteiger partial charge in [-0.25, -0.2) is 9.07 Å². The smallest absolute Gasteiger partial charge is 0.257 e. The van der Waals surface area contributed by atoms with E-state index in [1.54, 1.807) is 42.1 Å². The quantitative estimate of drug-likeness (QED) is 0.773. The molecule has 1 N–H and O–H groups in total. The van der Waals surface area contributed by atoms with Gasteiger partial charge in [-0.05, 0) is 38.1 Å². The van der Waals surface area contributed by atoms with Crippen molar-refractivity contribution in [3.05, 3.63) is 71.6 Å². The Balaban J connectivity index is 1.73. The van der Waals surface area contributed by atoms with Crippen molar-refractivity contribution in [2.24, 2.45) is 0 Å². The number of hydrogen-bond acceptors (Lipinski definition) is 4. The van der Waals surface area contributed by atoms with E-state index in [-0.39, 0.29) is 18.5 Å². The molecule has 1 amide bonds. The second kappa shape index (κ2) is 7.12. The molecule has 3 rings (SSSR count). The van der Waals surface area contributed by atoms with Crippen LogP contribution in [0.25, 0.3) is 0 Å². The van der Waals surface area contributed by atoms with E-state index in [0.717, 1.165) is 5.69 Å². The van der Waals surface area contributed by atoms with Crippen LogP contribution in [0.5, 0.6) is 5.75 Å². The fourth-order valence-corrected chi connectivity index (χ4v) is 2.38. The lowest BCUT2D eigenvalue weighted by molar-refractivity contribution is 0.102. The summed E-state index contributed by atoms with van der Waals surface area (Å²) < 4.78 is 20.3. The summed E-state index contributed by atoms with van der Waals surface area (Å²) in [6.45, 7) is 3.73. The van der Waals surface area contributed by atoms with Crippen LogP contribution in [0.4, 0.5) is 10.1 Å². The second-order valence-electron chi connectivity index (χ2n) is 5.47. The number of benzene rings is 1. The first kappa shape index (κ1) is 16.6. The SMILES string of the molecule is Cc1nn(COc2cccc(F)c2)c(C)c1NC(=O)c1cccnc1. The van der Waals surface area contributed by atoms with Crippen LogP contribution in [0.3, 0.4) is 0 Å². The number of nitrogens with zero attached hydrogens (tertiary/aromatic N) is 3. The van der Waals surface area contributed by atoms with E-state index in [0.29, 0.717) is 22.7 Å².